The number of fused-ring (bicyclic) bond motifs is 5. The Morgan fingerprint density at radius 1 is 0.974 bits per heavy atom. The smallest absolute Gasteiger partial charge is 0.251 e. The van der Waals surface area contributed by atoms with Gasteiger partial charge in [0.05, 0.1) is 19.3 Å². The normalized spacial score (nSPS) is 18.2. The number of aromatic nitrogens is 1. The van der Waals surface area contributed by atoms with Gasteiger partial charge in [-0.2, -0.15) is 0 Å². The van der Waals surface area contributed by atoms with Gasteiger partial charge < -0.3 is 19.5 Å². The van der Waals surface area contributed by atoms with Crippen molar-refractivity contribution in [2.75, 3.05) is 27.2 Å². The fraction of sp³-hybridized carbons (Fsp3) is 0.455. The van der Waals surface area contributed by atoms with E-state index in [1.165, 1.54) is 48.7 Å². The highest BCUT2D eigenvalue weighted by atomic mass is 16.5. The number of carbonyl (C=O) groups excluding carboxylic acids is 2. The van der Waals surface area contributed by atoms with E-state index in [-0.39, 0.29) is 11.8 Å². The fourth-order valence-electron chi connectivity index (χ4n) is 6.87. The van der Waals surface area contributed by atoms with Crippen molar-refractivity contribution in [2.24, 2.45) is 5.92 Å². The van der Waals surface area contributed by atoms with Crippen molar-refractivity contribution in [1.29, 1.82) is 0 Å². The van der Waals surface area contributed by atoms with Gasteiger partial charge in [0.25, 0.3) is 11.8 Å². The Morgan fingerprint density at radius 2 is 1.74 bits per heavy atom. The molecule has 0 bridgehead atoms. The Kier molecular flexibility index (Phi) is 6.96. The molecule has 6 heteroatoms. The van der Waals surface area contributed by atoms with Crippen LogP contribution in [0.15, 0.2) is 42.0 Å². The third-order valence-electron chi connectivity index (χ3n) is 9.12. The van der Waals surface area contributed by atoms with Crippen LogP contribution < -0.4 is 10.1 Å². The van der Waals surface area contributed by atoms with Crippen molar-refractivity contribution in [3.63, 3.8) is 0 Å². The van der Waals surface area contributed by atoms with Gasteiger partial charge in [0.15, 0.2) is 0 Å². The van der Waals surface area contributed by atoms with E-state index >= 15 is 0 Å². The summed E-state index contributed by atoms with van der Waals surface area (Å²) < 4.78 is 7.94. The lowest BCUT2D eigenvalue weighted by atomic mass is 9.81. The zero-order valence-corrected chi connectivity index (χ0v) is 23.4. The molecule has 1 saturated heterocycles. The molecule has 0 spiro atoms. The number of amides is 2. The number of rotatable bonds is 4. The molecular weight excluding hydrogens is 486 g/mol. The fourth-order valence-corrected chi connectivity index (χ4v) is 6.87. The Bertz CT molecular complexity index is 1450. The molecule has 3 aliphatic rings. The van der Waals surface area contributed by atoms with Gasteiger partial charge in [-0.1, -0.05) is 32.3 Å². The number of nitrogens with one attached hydrogen (secondary N) is 1. The molecule has 1 aliphatic carbocycles. The molecule has 2 aliphatic heterocycles. The van der Waals surface area contributed by atoms with Crippen LogP contribution in [-0.4, -0.2) is 48.5 Å². The van der Waals surface area contributed by atoms with E-state index in [2.05, 4.69) is 41.1 Å². The van der Waals surface area contributed by atoms with Gasteiger partial charge in [0.2, 0.25) is 0 Å². The SMILES string of the molecule is CNC(=O)c1ccc2c(C3CCCCC3)c3n(c2c1)CC(C(=O)N1CCC(C)CC1)=Cc1cc(OC)ccc1-3. The maximum absolute atomic E-state index is 14.0. The Hall–Kier alpha value is -3.54. The summed E-state index contributed by atoms with van der Waals surface area (Å²) >= 11 is 0. The molecule has 0 atom stereocenters. The summed E-state index contributed by atoms with van der Waals surface area (Å²) in [5, 5.41) is 3.98. The van der Waals surface area contributed by atoms with Gasteiger partial charge in [-0.25, -0.2) is 0 Å². The molecule has 1 N–H and O–H groups in total. The highest BCUT2D eigenvalue weighted by Crippen LogP contribution is 2.47. The molecule has 1 aromatic heterocycles. The molecule has 204 valence electrons. The number of carbonyl (C=O) groups is 2. The standard InChI is InChI=1S/C33H39N3O3/c1-21-13-15-35(16-14-21)33(38)25-17-24-18-26(39-3)10-12-27(24)31-30(22-7-5-4-6-8-22)28-11-9-23(32(37)34-2)19-29(28)36(31)20-25/h9-12,17-19,21-22H,4-8,13-16,20H2,1-3H3,(H,34,37). The van der Waals surface area contributed by atoms with Crippen molar-refractivity contribution in [3.05, 3.63) is 58.7 Å². The molecule has 3 heterocycles. The van der Waals surface area contributed by atoms with E-state index in [4.69, 9.17) is 4.74 Å². The summed E-state index contributed by atoms with van der Waals surface area (Å²) in [5.74, 6) is 1.92. The van der Waals surface area contributed by atoms with E-state index in [1.54, 1.807) is 14.2 Å². The Balaban J connectivity index is 1.58. The van der Waals surface area contributed by atoms with E-state index < -0.39 is 0 Å². The second kappa shape index (κ2) is 10.6. The third kappa shape index (κ3) is 4.64. The topological polar surface area (TPSA) is 63.6 Å². The van der Waals surface area contributed by atoms with Crippen molar-refractivity contribution in [1.82, 2.24) is 14.8 Å². The van der Waals surface area contributed by atoms with Crippen LogP contribution in [0.3, 0.4) is 0 Å². The first kappa shape index (κ1) is 25.7. The van der Waals surface area contributed by atoms with Crippen molar-refractivity contribution in [3.8, 4) is 17.0 Å². The number of benzene rings is 2. The first-order valence-corrected chi connectivity index (χ1v) is 14.5. The molecule has 3 aromatic rings. The lowest BCUT2D eigenvalue weighted by Crippen LogP contribution is -2.39. The van der Waals surface area contributed by atoms with E-state index in [0.717, 1.165) is 53.9 Å². The predicted octanol–water partition coefficient (Wildman–Crippen LogP) is 6.38. The minimum Gasteiger partial charge on any atom is -0.497 e. The molecule has 2 aromatic carbocycles. The molecule has 6 nitrogen and oxygen atoms in total. The monoisotopic (exact) mass is 525 g/mol. The maximum Gasteiger partial charge on any atom is 0.251 e. The zero-order valence-electron chi connectivity index (χ0n) is 23.4. The molecule has 39 heavy (non-hydrogen) atoms. The number of likely N-dealkylation sites (tertiary alicyclic amines) is 1. The van der Waals surface area contributed by atoms with Crippen LogP contribution in [-0.2, 0) is 11.3 Å². The lowest BCUT2D eigenvalue weighted by molar-refractivity contribution is -0.128. The predicted molar refractivity (Wildman–Crippen MR) is 156 cm³/mol. The van der Waals surface area contributed by atoms with Gasteiger partial charge in [0.1, 0.15) is 5.75 Å². The number of methoxy groups -OCH3 is 1. The minimum atomic E-state index is -0.0975. The minimum absolute atomic E-state index is 0.0975. The molecule has 6 rings (SSSR count). The van der Waals surface area contributed by atoms with Gasteiger partial charge >= 0.3 is 0 Å². The van der Waals surface area contributed by atoms with Crippen LogP contribution in [0.5, 0.6) is 5.75 Å². The van der Waals surface area contributed by atoms with Gasteiger partial charge in [-0.3, -0.25) is 9.59 Å². The van der Waals surface area contributed by atoms with Crippen LogP contribution in [0, 0.1) is 5.92 Å². The molecule has 1 saturated carbocycles. The summed E-state index contributed by atoms with van der Waals surface area (Å²) in [5.41, 5.74) is 7.17. The lowest BCUT2D eigenvalue weighted by Gasteiger charge is -2.31. The van der Waals surface area contributed by atoms with Crippen LogP contribution in [0.4, 0.5) is 0 Å². The average Bonchev–Trinajstić information content (AvgIpc) is 3.19. The van der Waals surface area contributed by atoms with Gasteiger partial charge in [0, 0.05) is 47.7 Å². The maximum atomic E-state index is 14.0. The van der Waals surface area contributed by atoms with Gasteiger partial charge in [-0.15, -0.1) is 0 Å². The van der Waals surface area contributed by atoms with Crippen LogP contribution >= 0.6 is 0 Å². The number of nitrogens with zero attached hydrogens (tertiary/aromatic N) is 2. The third-order valence-corrected chi connectivity index (χ3v) is 9.12. The van der Waals surface area contributed by atoms with Crippen LogP contribution in [0.2, 0.25) is 0 Å². The first-order chi connectivity index (χ1) is 19.0. The Morgan fingerprint density at radius 3 is 2.46 bits per heavy atom. The van der Waals surface area contributed by atoms with Crippen molar-refractivity contribution < 1.29 is 14.3 Å². The number of hydrogen-bond acceptors (Lipinski definition) is 3. The van der Waals surface area contributed by atoms with Crippen LogP contribution in [0.1, 0.15) is 79.3 Å². The molecule has 2 amide bonds. The highest BCUT2D eigenvalue weighted by Gasteiger charge is 2.32. The van der Waals surface area contributed by atoms with E-state index in [0.29, 0.717) is 23.9 Å². The summed E-state index contributed by atoms with van der Waals surface area (Å²) in [6, 6.07) is 12.3. The van der Waals surface area contributed by atoms with Crippen molar-refractivity contribution in [2.45, 2.75) is 64.3 Å². The summed E-state index contributed by atoms with van der Waals surface area (Å²) in [4.78, 5) is 28.7. The molecular formula is C33H39N3O3. The van der Waals surface area contributed by atoms with Crippen LogP contribution in [0.25, 0.3) is 28.2 Å². The highest BCUT2D eigenvalue weighted by molar-refractivity contribution is 6.04. The zero-order chi connectivity index (χ0) is 27.1. The number of ether oxygens (including phenoxy) is 1. The van der Waals surface area contributed by atoms with E-state index in [1.807, 2.05) is 23.1 Å². The molecule has 0 radical (unpaired) electrons. The number of hydrogen-bond donors (Lipinski definition) is 1. The quantitative estimate of drug-likeness (QED) is 0.430. The summed E-state index contributed by atoms with van der Waals surface area (Å²) in [6.07, 6.45) is 10.3. The van der Waals surface area contributed by atoms with Gasteiger partial charge in [-0.05, 0) is 85.1 Å². The van der Waals surface area contributed by atoms with Crippen molar-refractivity contribution >= 4 is 28.8 Å². The molecule has 0 unspecified atom stereocenters. The second-order valence-electron chi connectivity index (χ2n) is 11.6. The second-order valence-corrected chi connectivity index (χ2v) is 11.6. The molecule has 2 fully saturated rings. The summed E-state index contributed by atoms with van der Waals surface area (Å²) in [6.45, 7) is 4.35. The Labute approximate surface area is 231 Å². The largest absolute Gasteiger partial charge is 0.497 e. The number of piperidine rings is 1. The average molecular weight is 526 g/mol. The van der Waals surface area contributed by atoms with E-state index in [9.17, 15) is 9.59 Å². The summed E-state index contributed by atoms with van der Waals surface area (Å²) in [7, 11) is 3.36. The first-order valence-electron chi connectivity index (χ1n) is 14.5.